The van der Waals surface area contributed by atoms with Crippen molar-refractivity contribution in [2.75, 3.05) is 6.61 Å². The number of H-pyrrole nitrogens is 1. The second-order valence-corrected chi connectivity index (χ2v) is 6.40. The van der Waals surface area contributed by atoms with E-state index in [1.165, 1.54) is 0 Å². The number of carbonyl (C=O) groups is 1. The molecule has 2 unspecified atom stereocenters. The van der Waals surface area contributed by atoms with E-state index in [-0.39, 0.29) is 23.4 Å². The number of carboxylic acids is 1. The molecule has 26 heavy (non-hydrogen) atoms. The molecule has 0 amide bonds. The van der Waals surface area contributed by atoms with Crippen molar-refractivity contribution < 1.29 is 14.6 Å². The zero-order chi connectivity index (χ0) is 18.5. The molecule has 1 aliphatic rings. The largest absolute Gasteiger partial charge is 0.493 e. The number of aromatic amines is 1. The lowest BCUT2D eigenvalue weighted by Crippen LogP contribution is -2.24. The van der Waals surface area contributed by atoms with E-state index in [0.29, 0.717) is 17.9 Å². The van der Waals surface area contributed by atoms with Crippen molar-refractivity contribution in [2.24, 2.45) is 11.8 Å². The van der Waals surface area contributed by atoms with Crippen LogP contribution in [0.5, 0.6) is 5.75 Å². The Morgan fingerprint density at radius 3 is 2.73 bits per heavy atom. The summed E-state index contributed by atoms with van der Waals surface area (Å²) < 4.78 is 5.82. The van der Waals surface area contributed by atoms with Crippen LogP contribution in [0.1, 0.15) is 36.2 Å². The van der Waals surface area contributed by atoms with Crippen molar-refractivity contribution in [2.45, 2.75) is 25.7 Å². The SMILES string of the molecule is N#CC1CCCCC1COc1ccc(-c2nc(C(=O)O)cc(=O)[nH]2)cc1. The molecule has 1 heterocycles. The first-order valence-corrected chi connectivity index (χ1v) is 8.54. The maximum absolute atomic E-state index is 11.6. The van der Waals surface area contributed by atoms with Gasteiger partial charge in [-0.2, -0.15) is 5.26 Å². The number of hydrogen-bond acceptors (Lipinski definition) is 5. The van der Waals surface area contributed by atoms with Gasteiger partial charge in [0.15, 0.2) is 5.69 Å². The molecule has 7 nitrogen and oxygen atoms in total. The molecule has 1 fully saturated rings. The summed E-state index contributed by atoms with van der Waals surface area (Å²) in [6.07, 6.45) is 4.17. The summed E-state index contributed by atoms with van der Waals surface area (Å²) >= 11 is 0. The number of nitrogens with one attached hydrogen (secondary N) is 1. The van der Waals surface area contributed by atoms with Gasteiger partial charge in [0.1, 0.15) is 11.6 Å². The van der Waals surface area contributed by atoms with Crippen LogP contribution < -0.4 is 10.3 Å². The third-order valence-corrected chi connectivity index (χ3v) is 4.63. The van der Waals surface area contributed by atoms with Crippen molar-refractivity contribution in [1.29, 1.82) is 5.26 Å². The van der Waals surface area contributed by atoms with Crippen LogP contribution in [0, 0.1) is 23.2 Å². The zero-order valence-electron chi connectivity index (χ0n) is 14.1. The molecule has 0 spiro atoms. The minimum Gasteiger partial charge on any atom is -0.493 e. The Bertz CT molecular complexity index is 883. The summed E-state index contributed by atoms with van der Waals surface area (Å²) in [5, 5.41) is 18.2. The first-order chi connectivity index (χ1) is 12.6. The molecule has 1 aliphatic carbocycles. The maximum atomic E-state index is 11.6. The number of nitrogens with zero attached hydrogens (tertiary/aromatic N) is 2. The summed E-state index contributed by atoms with van der Waals surface area (Å²) in [4.78, 5) is 29.1. The van der Waals surface area contributed by atoms with Gasteiger partial charge in [-0.3, -0.25) is 4.79 Å². The van der Waals surface area contributed by atoms with Gasteiger partial charge in [-0.25, -0.2) is 9.78 Å². The number of hydrogen-bond donors (Lipinski definition) is 2. The van der Waals surface area contributed by atoms with Gasteiger partial charge in [-0.15, -0.1) is 0 Å². The topological polar surface area (TPSA) is 116 Å². The Morgan fingerprint density at radius 1 is 1.31 bits per heavy atom. The number of benzene rings is 1. The minimum absolute atomic E-state index is 0.0519. The predicted molar refractivity (Wildman–Crippen MR) is 93.8 cm³/mol. The van der Waals surface area contributed by atoms with Crippen LogP contribution in [0.3, 0.4) is 0 Å². The van der Waals surface area contributed by atoms with Gasteiger partial charge >= 0.3 is 5.97 Å². The van der Waals surface area contributed by atoms with Gasteiger partial charge < -0.3 is 14.8 Å². The fraction of sp³-hybridized carbons (Fsp3) is 0.368. The lowest BCUT2D eigenvalue weighted by Gasteiger charge is -2.26. The van der Waals surface area contributed by atoms with E-state index in [4.69, 9.17) is 9.84 Å². The van der Waals surface area contributed by atoms with Crippen molar-refractivity contribution in [3.8, 4) is 23.2 Å². The molecule has 0 bridgehead atoms. The first kappa shape index (κ1) is 17.7. The van der Waals surface area contributed by atoms with Crippen molar-refractivity contribution >= 4 is 5.97 Å². The molecule has 1 aromatic carbocycles. The second-order valence-electron chi connectivity index (χ2n) is 6.40. The monoisotopic (exact) mass is 353 g/mol. The third kappa shape index (κ3) is 4.09. The van der Waals surface area contributed by atoms with Gasteiger partial charge in [-0.05, 0) is 37.1 Å². The van der Waals surface area contributed by atoms with Gasteiger partial charge in [0.2, 0.25) is 0 Å². The maximum Gasteiger partial charge on any atom is 0.354 e. The van der Waals surface area contributed by atoms with Crippen molar-refractivity contribution in [1.82, 2.24) is 9.97 Å². The fourth-order valence-electron chi connectivity index (χ4n) is 3.19. The molecule has 7 heteroatoms. The molecule has 0 radical (unpaired) electrons. The zero-order valence-corrected chi connectivity index (χ0v) is 14.1. The summed E-state index contributed by atoms with van der Waals surface area (Å²) in [5.41, 5.74) is -0.235. The number of aromatic nitrogens is 2. The molecular formula is C19H19N3O4. The number of aromatic carboxylic acids is 1. The molecule has 2 atom stereocenters. The van der Waals surface area contributed by atoms with E-state index in [1.807, 2.05) is 0 Å². The second kappa shape index (κ2) is 7.83. The van der Waals surface area contributed by atoms with Gasteiger partial charge in [-0.1, -0.05) is 12.8 Å². The number of nitriles is 1. The summed E-state index contributed by atoms with van der Waals surface area (Å²) in [7, 11) is 0. The Balaban J connectivity index is 1.70. The highest BCUT2D eigenvalue weighted by Gasteiger charge is 2.25. The van der Waals surface area contributed by atoms with Gasteiger partial charge in [0.05, 0.1) is 18.6 Å². The van der Waals surface area contributed by atoms with Crippen LogP contribution in [0.15, 0.2) is 35.1 Å². The Morgan fingerprint density at radius 2 is 2.04 bits per heavy atom. The van der Waals surface area contributed by atoms with Gasteiger partial charge in [0, 0.05) is 17.5 Å². The van der Waals surface area contributed by atoms with E-state index >= 15 is 0 Å². The molecule has 1 saturated carbocycles. The molecule has 2 N–H and O–H groups in total. The number of carboxylic acid groups (broad SMARTS) is 1. The highest BCUT2D eigenvalue weighted by atomic mass is 16.5. The fourth-order valence-corrected chi connectivity index (χ4v) is 3.19. The highest BCUT2D eigenvalue weighted by Crippen LogP contribution is 2.30. The molecule has 0 aliphatic heterocycles. The molecule has 3 rings (SSSR count). The summed E-state index contributed by atoms with van der Waals surface area (Å²) in [6.45, 7) is 0.501. The van der Waals surface area contributed by atoms with Crippen LogP contribution in [-0.2, 0) is 0 Å². The average molecular weight is 353 g/mol. The third-order valence-electron chi connectivity index (χ3n) is 4.63. The quantitative estimate of drug-likeness (QED) is 0.854. The molecular weight excluding hydrogens is 334 g/mol. The lowest BCUT2D eigenvalue weighted by atomic mass is 9.81. The molecule has 1 aromatic heterocycles. The van der Waals surface area contributed by atoms with Crippen LogP contribution in [0.25, 0.3) is 11.4 Å². The van der Waals surface area contributed by atoms with E-state index in [2.05, 4.69) is 16.0 Å². The predicted octanol–water partition coefficient (Wildman–Crippen LogP) is 2.84. The smallest absolute Gasteiger partial charge is 0.354 e. The molecule has 2 aromatic rings. The van der Waals surface area contributed by atoms with Crippen LogP contribution in [-0.4, -0.2) is 27.7 Å². The lowest BCUT2D eigenvalue weighted by molar-refractivity contribution is 0.0690. The minimum atomic E-state index is -1.25. The van der Waals surface area contributed by atoms with Crippen LogP contribution in [0.4, 0.5) is 0 Å². The first-order valence-electron chi connectivity index (χ1n) is 8.54. The summed E-state index contributed by atoms with van der Waals surface area (Å²) in [6, 6.07) is 10.2. The van der Waals surface area contributed by atoms with E-state index < -0.39 is 11.5 Å². The van der Waals surface area contributed by atoms with E-state index in [1.54, 1.807) is 24.3 Å². The Labute approximate surface area is 150 Å². The van der Waals surface area contributed by atoms with Crippen molar-refractivity contribution in [3.05, 3.63) is 46.4 Å². The van der Waals surface area contributed by atoms with Crippen LogP contribution in [0.2, 0.25) is 0 Å². The average Bonchev–Trinajstić information content (AvgIpc) is 2.66. The molecule has 134 valence electrons. The summed E-state index contributed by atoms with van der Waals surface area (Å²) in [5.74, 6) is -0.0994. The molecule has 0 saturated heterocycles. The normalized spacial score (nSPS) is 19.5. The van der Waals surface area contributed by atoms with Crippen molar-refractivity contribution in [3.63, 3.8) is 0 Å². The Hall–Kier alpha value is -3.14. The standard InChI is InChI=1S/C19H19N3O4/c20-10-13-3-1-2-4-14(13)11-26-15-7-5-12(6-8-15)18-21-16(19(24)25)9-17(23)22-18/h5-9,13-14H,1-4,11H2,(H,24,25)(H,21,22,23). The van der Waals surface area contributed by atoms with E-state index in [9.17, 15) is 14.9 Å². The number of rotatable bonds is 5. The van der Waals surface area contributed by atoms with Gasteiger partial charge in [0.25, 0.3) is 5.56 Å². The van der Waals surface area contributed by atoms with E-state index in [0.717, 1.165) is 31.7 Å². The Kier molecular flexibility index (Phi) is 5.32. The highest BCUT2D eigenvalue weighted by molar-refractivity contribution is 5.85. The van der Waals surface area contributed by atoms with Crippen LogP contribution >= 0.6 is 0 Å². The number of ether oxygens (including phenoxy) is 1.